The fourth-order valence-electron chi connectivity index (χ4n) is 9.22. The van der Waals surface area contributed by atoms with Crippen molar-refractivity contribution in [2.75, 3.05) is 13.2 Å². The molecule has 0 N–H and O–H groups in total. The summed E-state index contributed by atoms with van der Waals surface area (Å²) in [6, 6.07) is 0. The van der Waals surface area contributed by atoms with Gasteiger partial charge in [-0.25, -0.2) is 0 Å². The Morgan fingerprint density at radius 3 is 0.846 bits per heavy atom. The molecule has 0 saturated carbocycles. The van der Waals surface area contributed by atoms with Crippen LogP contribution in [0.1, 0.15) is 310 Å². The average Bonchev–Trinajstić information content (AvgIpc) is 3.44. The number of unbranched alkanes of at least 4 members (excludes halogenated alkanes) is 31. The van der Waals surface area contributed by atoms with Gasteiger partial charge in [0.1, 0.15) is 13.2 Å². The molecule has 0 radical (unpaired) electrons. The molecule has 0 saturated heterocycles. The minimum Gasteiger partial charge on any atom is -0.462 e. The molecule has 0 aromatic carbocycles. The van der Waals surface area contributed by atoms with Crippen LogP contribution in [0.25, 0.3) is 0 Å². The second kappa shape index (κ2) is 65.6. The smallest absolute Gasteiger partial charge is 0.310 e. The average molecular weight is 1080 g/mol. The SMILES string of the molecule is CC/C=C\C/C=C\C/C=C\C/C=C\C/C=C\CC(=O)OC(COC(=O)CCCC/C=C\C/C=C\C/C=C\C/C=C\CC)COC(=O)CCCCCCCCCCCCCCCCCCCCCCCCCCCCCCCC. The number of hydrogen-bond acceptors (Lipinski definition) is 6. The fourth-order valence-corrected chi connectivity index (χ4v) is 9.22. The zero-order valence-electron chi connectivity index (χ0n) is 51.2. The van der Waals surface area contributed by atoms with Gasteiger partial charge in [0.15, 0.2) is 6.10 Å². The van der Waals surface area contributed by atoms with Gasteiger partial charge in [0, 0.05) is 12.8 Å². The van der Waals surface area contributed by atoms with Crippen molar-refractivity contribution in [1.82, 2.24) is 0 Å². The Hall–Kier alpha value is -3.93. The van der Waals surface area contributed by atoms with Gasteiger partial charge in [-0.05, 0) is 83.5 Å². The number of esters is 3. The molecule has 0 rings (SSSR count). The van der Waals surface area contributed by atoms with E-state index in [-0.39, 0.29) is 38.0 Å². The van der Waals surface area contributed by atoms with E-state index in [9.17, 15) is 14.4 Å². The summed E-state index contributed by atoms with van der Waals surface area (Å²) < 4.78 is 16.8. The Bertz CT molecular complexity index is 1570. The molecule has 446 valence electrons. The molecule has 0 spiro atoms. The van der Waals surface area contributed by atoms with Crippen LogP contribution in [-0.2, 0) is 28.6 Å². The van der Waals surface area contributed by atoms with Crippen LogP contribution in [0.3, 0.4) is 0 Å². The zero-order valence-corrected chi connectivity index (χ0v) is 51.2. The topological polar surface area (TPSA) is 78.9 Å². The highest BCUT2D eigenvalue weighted by Gasteiger charge is 2.19. The van der Waals surface area contributed by atoms with Gasteiger partial charge < -0.3 is 14.2 Å². The van der Waals surface area contributed by atoms with Gasteiger partial charge in [-0.1, -0.05) is 316 Å². The maximum Gasteiger partial charge on any atom is 0.310 e. The Kier molecular flexibility index (Phi) is 62.3. The van der Waals surface area contributed by atoms with E-state index in [0.29, 0.717) is 19.3 Å². The van der Waals surface area contributed by atoms with E-state index >= 15 is 0 Å². The van der Waals surface area contributed by atoms with Crippen molar-refractivity contribution in [3.05, 3.63) is 109 Å². The molecule has 0 aliphatic rings. The molecule has 0 aromatic rings. The van der Waals surface area contributed by atoms with Crippen molar-refractivity contribution in [3.8, 4) is 0 Å². The fraction of sp³-hybridized carbons (Fsp3) is 0.708. The molecule has 0 aromatic heterocycles. The van der Waals surface area contributed by atoms with E-state index in [1.807, 2.05) is 6.08 Å². The molecule has 0 heterocycles. The second-order valence-electron chi connectivity index (χ2n) is 21.6. The third-order valence-electron chi connectivity index (χ3n) is 14.1. The highest BCUT2D eigenvalue weighted by atomic mass is 16.6. The lowest BCUT2D eigenvalue weighted by Crippen LogP contribution is -2.30. The summed E-state index contributed by atoms with van der Waals surface area (Å²) in [6.07, 6.45) is 90.2. The lowest BCUT2D eigenvalue weighted by atomic mass is 10.0. The molecule has 1 unspecified atom stereocenters. The van der Waals surface area contributed by atoms with Crippen LogP contribution in [0, 0.1) is 0 Å². The predicted octanol–water partition coefficient (Wildman–Crippen LogP) is 22.6. The van der Waals surface area contributed by atoms with E-state index in [1.54, 1.807) is 6.08 Å². The maximum absolute atomic E-state index is 12.8. The molecule has 1 atom stereocenters. The Labute approximate surface area is 482 Å². The first-order valence-electron chi connectivity index (χ1n) is 32.9. The van der Waals surface area contributed by atoms with Crippen molar-refractivity contribution in [2.24, 2.45) is 0 Å². The first-order valence-corrected chi connectivity index (χ1v) is 32.9. The number of ether oxygens (including phenoxy) is 3. The summed E-state index contributed by atoms with van der Waals surface area (Å²) in [4.78, 5) is 38.2. The number of rotatable bonds is 59. The molecular formula is C72H122O6. The van der Waals surface area contributed by atoms with Crippen molar-refractivity contribution in [1.29, 1.82) is 0 Å². The monoisotopic (exact) mass is 1080 g/mol. The largest absolute Gasteiger partial charge is 0.462 e. The number of hydrogen-bond donors (Lipinski definition) is 0. The van der Waals surface area contributed by atoms with Gasteiger partial charge in [0.05, 0.1) is 6.42 Å². The third kappa shape index (κ3) is 62.9. The van der Waals surface area contributed by atoms with E-state index in [1.165, 1.54) is 173 Å². The number of carbonyl (C=O) groups is 3. The van der Waals surface area contributed by atoms with Crippen LogP contribution < -0.4 is 0 Å². The molecular weight excluding hydrogens is 961 g/mol. The van der Waals surface area contributed by atoms with E-state index in [2.05, 4.69) is 118 Å². The van der Waals surface area contributed by atoms with Crippen LogP contribution >= 0.6 is 0 Å². The molecule has 6 heteroatoms. The molecule has 0 fully saturated rings. The third-order valence-corrected chi connectivity index (χ3v) is 14.1. The number of carbonyl (C=O) groups excluding carboxylic acids is 3. The predicted molar refractivity (Wildman–Crippen MR) is 339 cm³/mol. The quantitative estimate of drug-likeness (QED) is 0.0261. The van der Waals surface area contributed by atoms with Crippen LogP contribution in [-0.4, -0.2) is 37.2 Å². The maximum atomic E-state index is 12.8. The lowest BCUT2D eigenvalue weighted by molar-refractivity contribution is -0.166. The van der Waals surface area contributed by atoms with Crippen LogP contribution in [0.4, 0.5) is 0 Å². The summed E-state index contributed by atoms with van der Waals surface area (Å²) in [5.74, 6) is -1.10. The van der Waals surface area contributed by atoms with Crippen LogP contribution in [0.2, 0.25) is 0 Å². The van der Waals surface area contributed by atoms with Gasteiger partial charge in [-0.15, -0.1) is 0 Å². The van der Waals surface area contributed by atoms with E-state index < -0.39 is 12.1 Å². The number of allylic oxidation sites excluding steroid dienone is 17. The van der Waals surface area contributed by atoms with Gasteiger partial charge in [0.2, 0.25) is 0 Å². The highest BCUT2D eigenvalue weighted by molar-refractivity contribution is 5.72. The molecule has 6 nitrogen and oxygen atoms in total. The first-order chi connectivity index (χ1) is 38.5. The molecule has 0 aliphatic heterocycles. The zero-order chi connectivity index (χ0) is 56.4. The second-order valence-corrected chi connectivity index (χ2v) is 21.6. The summed E-state index contributed by atoms with van der Waals surface area (Å²) in [5.41, 5.74) is 0. The first kappa shape index (κ1) is 74.1. The highest BCUT2D eigenvalue weighted by Crippen LogP contribution is 2.17. The Balaban J connectivity index is 4.28. The standard InChI is InChI=1S/C72H122O6/c1-4-7-10-13-16-19-22-25-28-29-30-31-32-33-34-35-36-37-38-39-40-41-42-45-47-50-53-56-59-62-65-71(74)77-68-69(78-72(75)66-63-60-57-54-51-48-44-27-24-21-18-15-12-9-6-3)67-76-70(73)64-61-58-55-52-49-46-43-26-23-20-17-14-11-8-5-2/h8-9,11-12,17-18,20-21,26-27,43-44,49,51-52,54,60,63,69H,4-7,10,13-16,19,22-25,28-42,45-48,50,53,55-59,61-62,64-68H2,1-3H3/b11-8-,12-9-,20-17-,21-18-,43-26-,44-27-,52-49-,54-51-,63-60-. The van der Waals surface area contributed by atoms with Crippen molar-refractivity contribution >= 4 is 17.9 Å². The van der Waals surface area contributed by atoms with E-state index in [4.69, 9.17) is 14.2 Å². The molecule has 0 amide bonds. The van der Waals surface area contributed by atoms with Crippen LogP contribution in [0.5, 0.6) is 0 Å². The van der Waals surface area contributed by atoms with Crippen molar-refractivity contribution < 1.29 is 28.6 Å². The molecule has 0 aliphatic carbocycles. The Morgan fingerprint density at radius 2 is 0.538 bits per heavy atom. The van der Waals surface area contributed by atoms with Crippen molar-refractivity contribution in [2.45, 2.75) is 316 Å². The Morgan fingerprint density at radius 1 is 0.282 bits per heavy atom. The van der Waals surface area contributed by atoms with Gasteiger partial charge in [-0.3, -0.25) is 14.4 Å². The normalized spacial score (nSPS) is 12.8. The summed E-state index contributed by atoms with van der Waals surface area (Å²) in [6.45, 7) is 6.32. The van der Waals surface area contributed by atoms with Crippen LogP contribution in [0.15, 0.2) is 109 Å². The minimum atomic E-state index is -0.851. The van der Waals surface area contributed by atoms with Gasteiger partial charge in [0.25, 0.3) is 0 Å². The summed E-state index contributed by atoms with van der Waals surface area (Å²) in [5, 5.41) is 0. The molecule has 78 heavy (non-hydrogen) atoms. The van der Waals surface area contributed by atoms with Gasteiger partial charge >= 0.3 is 17.9 Å². The summed E-state index contributed by atoms with van der Waals surface area (Å²) >= 11 is 0. The lowest BCUT2D eigenvalue weighted by Gasteiger charge is -2.18. The van der Waals surface area contributed by atoms with E-state index in [0.717, 1.165) is 83.5 Å². The summed E-state index contributed by atoms with van der Waals surface area (Å²) in [7, 11) is 0. The van der Waals surface area contributed by atoms with Crippen molar-refractivity contribution in [3.63, 3.8) is 0 Å². The van der Waals surface area contributed by atoms with Gasteiger partial charge in [-0.2, -0.15) is 0 Å². The molecule has 0 bridgehead atoms. The minimum absolute atomic E-state index is 0.0862.